The van der Waals surface area contributed by atoms with Crippen molar-refractivity contribution in [3.05, 3.63) is 59.7 Å². The molecule has 0 radical (unpaired) electrons. The quantitative estimate of drug-likeness (QED) is 0.885. The third kappa shape index (κ3) is 3.54. The number of methoxy groups -OCH3 is 1. The number of amides is 2. The SMILES string of the molecule is COC(=O)N1CCC(CNC(=O)C2c3ccccc3Oc3ccccc32)CC1. The summed E-state index contributed by atoms with van der Waals surface area (Å²) in [5, 5.41) is 3.13. The molecule has 0 unspecified atom stereocenters. The highest BCUT2D eigenvalue weighted by Crippen LogP contribution is 2.43. The molecule has 28 heavy (non-hydrogen) atoms. The number of piperidine rings is 1. The molecule has 146 valence electrons. The van der Waals surface area contributed by atoms with Crippen LogP contribution >= 0.6 is 0 Å². The Labute approximate surface area is 164 Å². The first-order valence-corrected chi connectivity index (χ1v) is 9.63. The van der Waals surface area contributed by atoms with Gasteiger partial charge >= 0.3 is 6.09 Å². The van der Waals surface area contributed by atoms with E-state index in [-0.39, 0.29) is 17.9 Å². The number of nitrogens with one attached hydrogen (secondary N) is 1. The highest BCUT2D eigenvalue weighted by Gasteiger charge is 2.33. The van der Waals surface area contributed by atoms with Crippen LogP contribution in [0.15, 0.2) is 48.5 Å². The van der Waals surface area contributed by atoms with Gasteiger partial charge in [-0.1, -0.05) is 36.4 Å². The summed E-state index contributed by atoms with van der Waals surface area (Å²) in [6.07, 6.45) is 1.44. The number of carbonyl (C=O) groups excluding carboxylic acids is 2. The molecule has 0 saturated carbocycles. The Morgan fingerprint density at radius 2 is 1.61 bits per heavy atom. The van der Waals surface area contributed by atoms with E-state index in [1.165, 1.54) is 7.11 Å². The minimum atomic E-state index is -0.378. The minimum Gasteiger partial charge on any atom is -0.457 e. The van der Waals surface area contributed by atoms with E-state index in [1.807, 2.05) is 48.5 Å². The van der Waals surface area contributed by atoms with Crippen LogP contribution < -0.4 is 10.1 Å². The number of ether oxygens (including phenoxy) is 2. The number of carbonyl (C=O) groups is 2. The number of benzene rings is 2. The highest BCUT2D eigenvalue weighted by molar-refractivity contribution is 5.89. The van der Waals surface area contributed by atoms with Gasteiger partial charge in [0, 0.05) is 30.8 Å². The molecule has 1 N–H and O–H groups in total. The smallest absolute Gasteiger partial charge is 0.409 e. The molecular formula is C22H24N2O4. The van der Waals surface area contributed by atoms with Crippen molar-refractivity contribution in [3.63, 3.8) is 0 Å². The van der Waals surface area contributed by atoms with Crippen molar-refractivity contribution in [1.29, 1.82) is 0 Å². The van der Waals surface area contributed by atoms with Crippen LogP contribution in [0, 0.1) is 5.92 Å². The van der Waals surface area contributed by atoms with Gasteiger partial charge in [-0.05, 0) is 30.9 Å². The monoisotopic (exact) mass is 380 g/mol. The molecule has 1 fully saturated rings. The lowest BCUT2D eigenvalue weighted by molar-refractivity contribution is -0.122. The average molecular weight is 380 g/mol. The van der Waals surface area contributed by atoms with Crippen LogP contribution in [0.4, 0.5) is 4.79 Å². The van der Waals surface area contributed by atoms with E-state index in [2.05, 4.69) is 5.32 Å². The zero-order chi connectivity index (χ0) is 19.5. The van der Waals surface area contributed by atoms with Crippen LogP contribution in [0.25, 0.3) is 0 Å². The van der Waals surface area contributed by atoms with Crippen molar-refractivity contribution in [2.75, 3.05) is 26.7 Å². The molecule has 4 rings (SSSR count). The Bertz CT molecular complexity index is 829. The molecule has 0 bridgehead atoms. The second-order valence-corrected chi connectivity index (χ2v) is 7.26. The van der Waals surface area contributed by atoms with Gasteiger partial charge in [0.15, 0.2) is 0 Å². The zero-order valence-corrected chi connectivity index (χ0v) is 15.9. The lowest BCUT2D eigenvalue weighted by Crippen LogP contribution is -2.42. The number of hydrogen-bond donors (Lipinski definition) is 1. The number of rotatable bonds is 3. The van der Waals surface area contributed by atoms with Crippen LogP contribution in [-0.2, 0) is 9.53 Å². The van der Waals surface area contributed by atoms with Crippen molar-refractivity contribution in [2.45, 2.75) is 18.8 Å². The maximum Gasteiger partial charge on any atom is 0.409 e. The van der Waals surface area contributed by atoms with Gasteiger partial charge < -0.3 is 19.7 Å². The summed E-state index contributed by atoms with van der Waals surface area (Å²) >= 11 is 0. The molecule has 0 atom stereocenters. The summed E-state index contributed by atoms with van der Waals surface area (Å²) in [6, 6.07) is 15.4. The molecule has 6 heteroatoms. The Morgan fingerprint density at radius 1 is 1.04 bits per heavy atom. The molecule has 0 aliphatic carbocycles. The molecule has 0 spiro atoms. The summed E-state index contributed by atoms with van der Waals surface area (Å²) in [5.41, 5.74) is 1.78. The lowest BCUT2D eigenvalue weighted by atomic mass is 9.87. The Morgan fingerprint density at radius 3 is 2.18 bits per heavy atom. The first-order valence-electron chi connectivity index (χ1n) is 9.63. The number of likely N-dealkylation sites (tertiary alicyclic amines) is 1. The molecule has 0 aromatic heterocycles. The van der Waals surface area contributed by atoms with Crippen molar-refractivity contribution in [2.24, 2.45) is 5.92 Å². The maximum absolute atomic E-state index is 13.1. The third-order valence-electron chi connectivity index (χ3n) is 5.55. The normalized spacial score (nSPS) is 16.5. The molecule has 6 nitrogen and oxygen atoms in total. The highest BCUT2D eigenvalue weighted by atomic mass is 16.5. The van der Waals surface area contributed by atoms with Gasteiger partial charge in [-0.15, -0.1) is 0 Å². The second-order valence-electron chi connectivity index (χ2n) is 7.26. The van der Waals surface area contributed by atoms with E-state index < -0.39 is 0 Å². The van der Waals surface area contributed by atoms with Crippen LogP contribution in [0.3, 0.4) is 0 Å². The fourth-order valence-corrected chi connectivity index (χ4v) is 3.99. The summed E-state index contributed by atoms with van der Waals surface area (Å²) in [4.78, 5) is 26.4. The topological polar surface area (TPSA) is 67.9 Å². The number of nitrogens with zero attached hydrogens (tertiary/aromatic N) is 1. The van der Waals surface area contributed by atoms with Crippen molar-refractivity contribution in [3.8, 4) is 11.5 Å². The Kier molecular flexibility index (Phi) is 5.19. The van der Waals surface area contributed by atoms with Crippen molar-refractivity contribution in [1.82, 2.24) is 10.2 Å². The average Bonchev–Trinajstić information content (AvgIpc) is 2.75. The van der Waals surface area contributed by atoms with E-state index in [0.717, 1.165) is 35.5 Å². The number of fused-ring (bicyclic) bond motifs is 2. The molecule has 2 aliphatic heterocycles. The molecule has 2 aliphatic rings. The number of hydrogen-bond acceptors (Lipinski definition) is 4. The summed E-state index contributed by atoms with van der Waals surface area (Å²) < 4.78 is 10.7. The Hall–Kier alpha value is -3.02. The van der Waals surface area contributed by atoms with E-state index in [4.69, 9.17) is 9.47 Å². The molecular weight excluding hydrogens is 356 g/mol. The van der Waals surface area contributed by atoms with Gasteiger partial charge in [0.2, 0.25) is 5.91 Å². The predicted octanol–water partition coefficient (Wildman–Crippen LogP) is 3.52. The molecule has 2 heterocycles. The predicted molar refractivity (Wildman–Crippen MR) is 105 cm³/mol. The van der Waals surface area contributed by atoms with E-state index in [9.17, 15) is 9.59 Å². The van der Waals surface area contributed by atoms with Crippen LogP contribution in [0.2, 0.25) is 0 Å². The fraction of sp³-hybridized carbons (Fsp3) is 0.364. The first kappa shape index (κ1) is 18.3. The van der Waals surface area contributed by atoms with Crippen LogP contribution in [0.1, 0.15) is 29.9 Å². The summed E-state index contributed by atoms with van der Waals surface area (Å²) in [6.45, 7) is 1.93. The molecule has 2 aromatic rings. The van der Waals surface area contributed by atoms with E-state index in [1.54, 1.807) is 4.90 Å². The van der Waals surface area contributed by atoms with Crippen molar-refractivity contribution < 1.29 is 19.1 Å². The molecule has 1 saturated heterocycles. The molecule has 2 amide bonds. The van der Waals surface area contributed by atoms with Gasteiger partial charge in [-0.3, -0.25) is 4.79 Å². The lowest BCUT2D eigenvalue weighted by Gasteiger charge is -2.32. The molecule has 2 aromatic carbocycles. The van der Waals surface area contributed by atoms with Gasteiger partial charge in [0.05, 0.1) is 13.0 Å². The largest absolute Gasteiger partial charge is 0.457 e. The van der Waals surface area contributed by atoms with E-state index in [0.29, 0.717) is 25.6 Å². The maximum atomic E-state index is 13.1. The third-order valence-corrected chi connectivity index (χ3v) is 5.55. The van der Waals surface area contributed by atoms with Gasteiger partial charge in [-0.25, -0.2) is 4.79 Å². The Balaban J connectivity index is 1.44. The fourth-order valence-electron chi connectivity index (χ4n) is 3.99. The summed E-state index contributed by atoms with van der Waals surface area (Å²) in [5.74, 6) is 1.42. The zero-order valence-electron chi connectivity index (χ0n) is 15.9. The first-order chi connectivity index (χ1) is 13.7. The van der Waals surface area contributed by atoms with Gasteiger partial charge in [0.25, 0.3) is 0 Å². The van der Waals surface area contributed by atoms with Crippen LogP contribution in [-0.4, -0.2) is 43.6 Å². The number of para-hydroxylation sites is 2. The standard InChI is InChI=1S/C22H24N2O4/c1-27-22(26)24-12-10-15(11-13-24)14-23-21(25)20-16-6-2-4-8-18(16)28-19-9-5-3-7-17(19)20/h2-9,15,20H,10-14H2,1H3,(H,23,25). The van der Waals surface area contributed by atoms with Crippen molar-refractivity contribution >= 4 is 12.0 Å². The minimum absolute atomic E-state index is 0.0152. The van der Waals surface area contributed by atoms with E-state index >= 15 is 0 Å². The van der Waals surface area contributed by atoms with Gasteiger partial charge in [-0.2, -0.15) is 0 Å². The summed E-state index contributed by atoms with van der Waals surface area (Å²) in [7, 11) is 1.40. The van der Waals surface area contributed by atoms with Crippen LogP contribution in [0.5, 0.6) is 11.5 Å². The van der Waals surface area contributed by atoms with Gasteiger partial charge in [0.1, 0.15) is 11.5 Å². The second kappa shape index (κ2) is 7.92.